The Hall–Kier alpha value is -2.17. The van der Waals surface area contributed by atoms with Crippen LogP contribution in [0.15, 0.2) is 30.7 Å². The molecule has 0 unspecified atom stereocenters. The highest BCUT2D eigenvalue weighted by atomic mass is 15.2. The molecular formula is C14H19N5. The zero-order valence-corrected chi connectivity index (χ0v) is 11.4. The number of likely N-dealkylation sites (N-methyl/N-ethyl adjacent to an activating group) is 1. The van der Waals surface area contributed by atoms with Gasteiger partial charge in [0, 0.05) is 37.5 Å². The van der Waals surface area contributed by atoms with Gasteiger partial charge in [-0.2, -0.15) is 0 Å². The van der Waals surface area contributed by atoms with Crippen molar-refractivity contribution in [3.8, 4) is 0 Å². The van der Waals surface area contributed by atoms with Crippen molar-refractivity contribution in [1.82, 2.24) is 15.0 Å². The quantitative estimate of drug-likeness (QED) is 0.883. The molecule has 0 saturated heterocycles. The molecule has 5 nitrogen and oxygen atoms in total. The minimum Gasteiger partial charge on any atom is -0.383 e. The average molecular weight is 257 g/mol. The van der Waals surface area contributed by atoms with Crippen molar-refractivity contribution in [2.24, 2.45) is 0 Å². The van der Waals surface area contributed by atoms with E-state index >= 15 is 0 Å². The molecule has 0 aliphatic heterocycles. The monoisotopic (exact) mass is 257 g/mol. The standard InChI is InChI=1S/C14H19N5/c1-3-12-13(15)17-10-18-14(12)19(2)9-7-11-6-4-5-8-16-11/h4-6,8,10H,3,7,9H2,1-2H3,(H2,15,17,18). The zero-order valence-electron chi connectivity index (χ0n) is 11.4. The van der Waals surface area contributed by atoms with Crippen LogP contribution in [0.5, 0.6) is 0 Å². The molecule has 0 radical (unpaired) electrons. The Labute approximate surface area is 113 Å². The van der Waals surface area contributed by atoms with Crippen LogP contribution in [0.4, 0.5) is 11.6 Å². The molecule has 2 aromatic heterocycles. The number of aromatic nitrogens is 3. The molecule has 2 aromatic rings. The van der Waals surface area contributed by atoms with Gasteiger partial charge in [0.1, 0.15) is 18.0 Å². The first-order valence-electron chi connectivity index (χ1n) is 6.42. The Kier molecular flexibility index (Phi) is 4.28. The largest absolute Gasteiger partial charge is 0.383 e. The maximum absolute atomic E-state index is 5.89. The third-order valence-electron chi connectivity index (χ3n) is 3.10. The van der Waals surface area contributed by atoms with E-state index in [0.29, 0.717) is 5.82 Å². The van der Waals surface area contributed by atoms with Crippen LogP contribution >= 0.6 is 0 Å². The number of rotatable bonds is 5. The van der Waals surface area contributed by atoms with Gasteiger partial charge in [-0.25, -0.2) is 9.97 Å². The molecule has 0 aliphatic rings. The first-order valence-corrected chi connectivity index (χ1v) is 6.42. The second-order valence-corrected chi connectivity index (χ2v) is 4.41. The number of nitrogens with zero attached hydrogens (tertiary/aromatic N) is 4. The summed E-state index contributed by atoms with van der Waals surface area (Å²) in [5.74, 6) is 1.48. The lowest BCUT2D eigenvalue weighted by atomic mass is 10.2. The molecule has 2 rings (SSSR count). The summed E-state index contributed by atoms with van der Waals surface area (Å²) < 4.78 is 0. The lowest BCUT2D eigenvalue weighted by molar-refractivity contribution is 0.826. The predicted molar refractivity (Wildman–Crippen MR) is 77.0 cm³/mol. The van der Waals surface area contributed by atoms with E-state index in [-0.39, 0.29) is 0 Å². The molecule has 19 heavy (non-hydrogen) atoms. The number of hydrogen-bond acceptors (Lipinski definition) is 5. The van der Waals surface area contributed by atoms with Gasteiger partial charge in [-0.3, -0.25) is 4.98 Å². The van der Waals surface area contributed by atoms with Crippen molar-refractivity contribution in [2.75, 3.05) is 24.2 Å². The second-order valence-electron chi connectivity index (χ2n) is 4.41. The first-order chi connectivity index (χ1) is 9.22. The summed E-state index contributed by atoms with van der Waals surface area (Å²) in [6, 6.07) is 5.96. The van der Waals surface area contributed by atoms with Gasteiger partial charge in [0.25, 0.3) is 0 Å². The lowest BCUT2D eigenvalue weighted by Crippen LogP contribution is -2.23. The SMILES string of the molecule is CCc1c(N)ncnc1N(C)CCc1ccccn1. The van der Waals surface area contributed by atoms with Gasteiger partial charge in [0.15, 0.2) is 0 Å². The molecule has 0 atom stereocenters. The van der Waals surface area contributed by atoms with Crippen LogP contribution in [-0.4, -0.2) is 28.5 Å². The molecular weight excluding hydrogens is 238 g/mol. The van der Waals surface area contributed by atoms with Gasteiger partial charge in [0.05, 0.1) is 0 Å². The van der Waals surface area contributed by atoms with Gasteiger partial charge in [-0.15, -0.1) is 0 Å². The van der Waals surface area contributed by atoms with E-state index in [1.54, 1.807) is 0 Å². The van der Waals surface area contributed by atoms with Gasteiger partial charge >= 0.3 is 0 Å². The summed E-state index contributed by atoms with van der Waals surface area (Å²) in [5, 5.41) is 0. The predicted octanol–water partition coefficient (Wildman–Crippen LogP) is 1.70. The summed E-state index contributed by atoms with van der Waals surface area (Å²) in [5.41, 5.74) is 7.97. The fourth-order valence-electron chi connectivity index (χ4n) is 2.02. The van der Waals surface area contributed by atoms with E-state index in [0.717, 1.165) is 36.5 Å². The van der Waals surface area contributed by atoms with Gasteiger partial charge in [-0.1, -0.05) is 13.0 Å². The summed E-state index contributed by atoms with van der Waals surface area (Å²) in [7, 11) is 2.02. The topological polar surface area (TPSA) is 67.9 Å². The number of nitrogens with two attached hydrogens (primary N) is 1. The summed E-state index contributed by atoms with van der Waals surface area (Å²) >= 11 is 0. The third-order valence-corrected chi connectivity index (χ3v) is 3.10. The van der Waals surface area contributed by atoms with Gasteiger partial charge in [-0.05, 0) is 18.6 Å². The van der Waals surface area contributed by atoms with Crippen LogP contribution in [0.2, 0.25) is 0 Å². The van der Waals surface area contributed by atoms with Crippen molar-refractivity contribution in [3.63, 3.8) is 0 Å². The van der Waals surface area contributed by atoms with Crippen LogP contribution in [0.1, 0.15) is 18.2 Å². The average Bonchev–Trinajstić information content (AvgIpc) is 2.45. The first kappa shape index (κ1) is 13.3. The van der Waals surface area contributed by atoms with E-state index < -0.39 is 0 Å². The molecule has 0 bridgehead atoms. The minimum absolute atomic E-state index is 0.567. The van der Waals surface area contributed by atoms with Gasteiger partial charge < -0.3 is 10.6 Å². The molecule has 0 amide bonds. The van der Waals surface area contributed by atoms with Crippen molar-refractivity contribution >= 4 is 11.6 Å². The van der Waals surface area contributed by atoms with Gasteiger partial charge in [0.2, 0.25) is 0 Å². The van der Waals surface area contributed by atoms with Crippen molar-refractivity contribution in [3.05, 3.63) is 42.0 Å². The maximum atomic E-state index is 5.89. The second kappa shape index (κ2) is 6.13. The highest BCUT2D eigenvalue weighted by molar-refractivity contribution is 5.56. The Morgan fingerprint density at radius 1 is 1.21 bits per heavy atom. The molecule has 0 aliphatic carbocycles. The molecule has 0 fully saturated rings. The van der Waals surface area contributed by atoms with Crippen molar-refractivity contribution in [1.29, 1.82) is 0 Å². The summed E-state index contributed by atoms with van der Waals surface area (Å²) in [6.45, 7) is 2.91. The third kappa shape index (κ3) is 3.19. The zero-order chi connectivity index (χ0) is 13.7. The fourth-order valence-corrected chi connectivity index (χ4v) is 2.02. The van der Waals surface area contributed by atoms with Crippen LogP contribution in [0.3, 0.4) is 0 Å². The number of pyridine rings is 1. The van der Waals surface area contributed by atoms with Crippen LogP contribution in [0.25, 0.3) is 0 Å². The van der Waals surface area contributed by atoms with E-state index in [9.17, 15) is 0 Å². The molecule has 100 valence electrons. The van der Waals surface area contributed by atoms with E-state index in [4.69, 9.17) is 5.73 Å². The molecule has 2 N–H and O–H groups in total. The molecule has 0 aromatic carbocycles. The normalized spacial score (nSPS) is 10.4. The van der Waals surface area contributed by atoms with Crippen LogP contribution < -0.4 is 10.6 Å². The number of anilines is 2. The van der Waals surface area contributed by atoms with Crippen molar-refractivity contribution < 1.29 is 0 Å². The highest BCUT2D eigenvalue weighted by Gasteiger charge is 2.11. The Bertz CT molecular complexity index is 527. The molecule has 2 heterocycles. The highest BCUT2D eigenvalue weighted by Crippen LogP contribution is 2.20. The van der Waals surface area contributed by atoms with Crippen LogP contribution in [0, 0.1) is 0 Å². The van der Waals surface area contributed by atoms with Crippen molar-refractivity contribution in [2.45, 2.75) is 19.8 Å². The number of nitrogen functional groups attached to an aromatic ring is 1. The Morgan fingerprint density at radius 3 is 2.74 bits per heavy atom. The van der Waals surface area contributed by atoms with Crippen LogP contribution in [-0.2, 0) is 12.8 Å². The van der Waals surface area contributed by atoms with E-state index in [1.165, 1.54) is 6.33 Å². The minimum atomic E-state index is 0.567. The molecule has 0 spiro atoms. The molecule has 0 saturated carbocycles. The Balaban J connectivity index is 2.08. The number of hydrogen-bond donors (Lipinski definition) is 1. The maximum Gasteiger partial charge on any atom is 0.137 e. The Morgan fingerprint density at radius 2 is 2.05 bits per heavy atom. The summed E-state index contributed by atoms with van der Waals surface area (Å²) in [4.78, 5) is 14.8. The van der Waals surface area contributed by atoms with E-state index in [1.807, 2.05) is 31.4 Å². The summed E-state index contributed by atoms with van der Waals surface area (Å²) in [6.07, 6.45) is 5.04. The fraction of sp³-hybridized carbons (Fsp3) is 0.357. The molecule has 5 heteroatoms. The lowest BCUT2D eigenvalue weighted by Gasteiger charge is -2.21. The smallest absolute Gasteiger partial charge is 0.137 e. The van der Waals surface area contributed by atoms with E-state index in [2.05, 4.69) is 26.8 Å².